The van der Waals surface area contributed by atoms with Gasteiger partial charge in [0.1, 0.15) is 11.8 Å². The Hall–Kier alpha value is 0.380. The number of aliphatic hydroxyl groups is 1. The summed E-state index contributed by atoms with van der Waals surface area (Å²) in [5.41, 5.74) is 6.49. The molecule has 0 aliphatic heterocycles. The van der Waals surface area contributed by atoms with Crippen LogP contribution in [-0.4, -0.2) is 57.2 Å². The van der Waals surface area contributed by atoms with Gasteiger partial charge in [-0.25, -0.2) is 15.0 Å². The Morgan fingerprint density at radius 3 is 2.64 bits per heavy atom. The molecule has 1 unspecified atom stereocenters. The molecule has 2 heterocycles. The number of fused-ring (bicyclic) bond motifs is 1. The summed E-state index contributed by atoms with van der Waals surface area (Å²) in [5.74, 6) is 0.203. The van der Waals surface area contributed by atoms with Gasteiger partial charge in [-0.3, -0.25) is 4.57 Å². The van der Waals surface area contributed by atoms with Crippen LogP contribution in [0.15, 0.2) is 12.7 Å². The minimum Gasteiger partial charge on any atom is -0.811 e. The number of nitrogen functional groups attached to an aromatic ring is 1. The van der Waals surface area contributed by atoms with Gasteiger partial charge >= 0.3 is 59.1 Å². The SMILES string of the molecule is Nc1ncnc2c1ncn2C(COCCP(=O)([O-])[O-])OCCO.[Na+].[Na+]. The molecule has 2 aromatic heterocycles. The Morgan fingerprint density at radius 2 is 2.00 bits per heavy atom. The van der Waals surface area contributed by atoms with Gasteiger partial charge < -0.3 is 34.7 Å². The van der Waals surface area contributed by atoms with Crippen LogP contribution in [0.3, 0.4) is 0 Å². The second-order valence-corrected chi connectivity index (χ2v) is 6.21. The molecule has 0 aromatic carbocycles. The van der Waals surface area contributed by atoms with Crippen molar-refractivity contribution in [3.05, 3.63) is 12.7 Å². The van der Waals surface area contributed by atoms with E-state index in [0.29, 0.717) is 11.2 Å². The Balaban J connectivity index is 0.00000288. The third-order valence-electron chi connectivity index (χ3n) is 2.87. The molecule has 0 aliphatic carbocycles. The van der Waals surface area contributed by atoms with Gasteiger partial charge in [-0.15, -0.1) is 0 Å². The molecule has 2 aromatic rings. The molecular formula is C11H16N5Na2O6P. The summed E-state index contributed by atoms with van der Waals surface area (Å²) in [4.78, 5) is 33.1. The van der Waals surface area contributed by atoms with Crippen LogP contribution in [0.5, 0.6) is 0 Å². The minimum atomic E-state index is -4.61. The fourth-order valence-electron chi connectivity index (χ4n) is 1.84. The van der Waals surface area contributed by atoms with Crippen LogP contribution in [0.1, 0.15) is 6.23 Å². The molecule has 0 radical (unpaired) electrons. The zero-order valence-electron chi connectivity index (χ0n) is 14.1. The van der Waals surface area contributed by atoms with Crippen LogP contribution in [0.25, 0.3) is 11.2 Å². The van der Waals surface area contributed by atoms with E-state index in [-0.39, 0.29) is 91.4 Å². The summed E-state index contributed by atoms with van der Waals surface area (Å²) in [7, 11) is -4.61. The van der Waals surface area contributed by atoms with E-state index in [1.807, 2.05) is 0 Å². The molecule has 25 heavy (non-hydrogen) atoms. The zero-order valence-corrected chi connectivity index (χ0v) is 19.0. The van der Waals surface area contributed by atoms with Gasteiger partial charge in [0.25, 0.3) is 0 Å². The number of nitrogens with zero attached hydrogens (tertiary/aromatic N) is 4. The Kier molecular flexibility index (Phi) is 12.1. The van der Waals surface area contributed by atoms with Crippen molar-refractivity contribution in [1.29, 1.82) is 0 Å². The molecule has 0 fully saturated rings. The first-order chi connectivity index (χ1) is 10.9. The van der Waals surface area contributed by atoms with Crippen LogP contribution in [0.4, 0.5) is 5.82 Å². The molecule has 0 amide bonds. The van der Waals surface area contributed by atoms with Gasteiger partial charge in [-0.05, 0) is 6.16 Å². The van der Waals surface area contributed by atoms with E-state index in [2.05, 4.69) is 15.0 Å². The van der Waals surface area contributed by atoms with Gasteiger partial charge in [-0.2, -0.15) is 0 Å². The molecule has 0 spiro atoms. The van der Waals surface area contributed by atoms with E-state index >= 15 is 0 Å². The largest absolute Gasteiger partial charge is 1.00 e. The first-order valence-electron chi connectivity index (χ1n) is 6.66. The van der Waals surface area contributed by atoms with Crippen molar-refractivity contribution in [2.75, 3.05) is 38.3 Å². The number of hydrogen-bond donors (Lipinski definition) is 2. The van der Waals surface area contributed by atoms with Crippen molar-refractivity contribution in [2.45, 2.75) is 6.23 Å². The van der Waals surface area contributed by atoms with E-state index in [0.717, 1.165) is 0 Å². The molecule has 0 saturated heterocycles. The van der Waals surface area contributed by atoms with Crippen LogP contribution in [0.2, 0.25) is 0 Å². The van der Waals surface area contributed by atoms with Crippen molar-refractivity contribution in [3.8, 4) is 0 Å². The first kappa shape index (κ1) is 25.4. The number of imidazole rings is 1. The molecule has 0 aliphatic rings. The van der Waals surface area contributed by atoms with Crippen LogP contribution in [-0.2, 0) is 14.0 Å². The molecule has 0 bridgehead atoms. The standard InChI is InChI=1S/C11H18N5O6P.2Na/c12-10-9-11(14-6-13-10)16(7-15-9)8(22-2-1-17)5-21-3-4-23(18,19)20;;/h6-8,17H,1-5H2,(H2,12,13,14)(H2,18,19,20);;/q;2*+1/p-2. The number of aromatic nitrogens is 4. The summed E-state index contributed by atoms with van der Waals surface area (Å²) in [6.07, 6.45) is 1.36. The predicted octanol–water partition coefficient (Wildman–Crippen LogP) is -8.15. The van der Waals surface area contributed by atoms with Gasteiger partial charge in [0.05, 0.1) is 32.8 Å². The summed E-state index contributed by atoms with van der Waals surface area (Å²) >= 11 is 0. The van der Waals surface area contributed by atoms with Crippen molar-refractivity contribution in [2.24, 2.45) is 0 Å². The monoisotopic (exact) mass is 391 g/mol. The molecule has 1 atom stereocenters. The first-order valence-corrected chi connectivity index (χ1v) is 8.39. The number of hydrogen-bond acceptors (Lipinski definition) is 10. The maximum absolute atomic E-state index is 10.6. The number of anilines is 1. The van der Waals surface area contributed by atoms with E-state index in [4.69, 9.17) is 20.3 Å². The minimum absolute atomic E-state index is 0. The summed E-state index contributed by atoms with van der Waals surface area (Å²) in [6.45, 7) is -0.505. The summed E-state index contributed by atoms with van der Waals surface area (Å²) in [5, 5.41) is 8.89. The van der Waals surface area contributed by atoms with Gasteiger partial charge in [0, 0.05) is 0 Å². The number of ether oxygens (including phenoxy) is 2. The van der Waals surface area contributed by atoms with E-state index in [9.17, 15) is 14.4 Å². The van der Waals surface area contributed by atoms with Gasteiger partial charge in [-0.1, -0.05) is 7.60 Å². The maximum Gasteiger partial charge on any atom is 1.00 e. The quantitative estimate of drug-likeness (QED) is 0.238. The summed E-state index contributed by atoms with van der Waals surface area (Å²) in [6, 6.07) is 0. The average Bonchev–Trinajstić information content (AvgIpc) is 2.91. The second kappa shape index (κ2) is 12.0. The van der Waals surface area contributed by atoms with Crippen molar-refractivity contribution >= 4 is 24.6 Å². The third-order valence-corrected chi connectivity index (χ3v) is 3.60. The number of rotatable bonds is 9. The number of aliphatic hydroxyl groups excluding tert-OH is 1. The topological polar surface area (TPSA) is 172 Å². The Bertz CT molecular complexity index is 699. The van der Waals surface area contributed by atoms with Gasteiger partial charge in [0.15, 0.2) is 17.7 Å². The van der Waals surface area contributed by atoms with Crippen molar-refractivity contribution in [1.82, 2.24) is 19.5 Å². The predicted molar refractivity (Wildman–Crippen MR) is 75.1 cm³/mol. The molecular weight excluding hydrogens is 375 g/mol. The van der Waals surface area contributed by atoms with E-state index in [1.165, 1.54) is 17.2 Å². The molecule has 3 N–H and O–H groups in total. The molecule has 128 valence electrons. The van der Waals surface area contributed by atoms with Crippen molar-refractivity contribution < 1.29 is 88.0 Å². The van der Waals surface area contributed by atoms with E-state index < -0.39 is 20.0 Å². The molecule has 2 rings (SSSR count). The second-order valence-electron chi connectivity index (χ2n) is 4.54. The van der Waals surface area contributed by atoms with E-state index in [1.54, 1.807) is 0 Å². The zero-order chi connectivity index (χ0) is 16.9. The third kappa shape index (κ3) is 7.87. The normalized spacial score (nSPS) is 12.4. The fraction of sp³-hybridized carbons (Fsp3) is 0.545. The Morgan fingerprint density at radius 1 is 1.28 bits per heavy atom. The Labute approximate surface area is 188 Å². The smallest absolute Gasteiger partial charge is 0.811 e. The molecule has 11 nitrogen and oxygen atoms in total. The van der Waals surface area contributed by atoms with Crippen LogP contribution >= 0.6 is 7.60 Å². The molecule has 0 saturated carbocycles. The van der Waals surface area contributed by atoms with Gasteiger partial charge in [0.2, 0.25) is 0 Å². The maximum atomic E-state index is 10.6. The fourth-order valence-corrected chi connectivity index (χ4v) is 2.19. The van der Waals surface area contributed by atoms with Crippen molar-refractivity contribution in [3.63, 3.8) is 0 Å². The van der Waals surface area contributed by atoms with Crippen LogP contribution in [0, 0.1) is 0 Å². The average molecular weight is 391 g/mol. The van der Waals surface area contributed by atoms with Crippen LogP contribution < -0.4 is 74.6 Å². The summed E-state index contributed by atoms with van der Waals surface area (Å²) < 4.78 is 22.7. The molecule has 14 heteroatoms. The number of nitrogens with two attached hydrogens (primary N) is 1.